The summed E-state index contributed by atoms with van der Waals surface area (Å²) in [6.45, 7) is 7.36. The standard InChI is InChI=1S/C19H31N2O6P/c1-5-26-28(25,27-6-2)21-16(13-15-10-8-7-9-11-15)18(22)20-17(19(23)24)12-14(3)4/h7-11,14,16-17H,5-6,12-13H2,1-4H3,(H,20,22)(H,21,25)(H,23,24). The molecule has 0 heterocycles. The highest BCUT2D eigenvalue weighted by atomic mass is 31.2. The molecule has 1 aromatic rings. The molecule has 0 saturated heterocycles. The molecule has 3 N–H and O–H groups in total. The van der Waals surface area contributed by atoms with Gasteiger partial charge in [0.05, 0.1) is 13.2 Å². The van der Waals surface area contributed by atoms with Crippen molar-refractivity contribution in [1.82, 2.24) is 10.4 Å². The van der Waals surface area contributed by atoms with E-state index >= 15 is 0 Å². The first-order valence-corrected chi connectivity index (χ1v) is 11.0. The Kier molecular flexibility index (Phi) is 10.4. The summed E-state index contributed by atoms with van der Waals surface area (Å²) in [5.74, 6) is -1.60. The normalized spacial score (nSPS) is 13.9. The first-order chi connectivity index (χ1) is 13.2. The highest BCUT2D eigenvalue weighted by molar-refractivity contribution is 7.51. The van der Waals surface area contributed by atoms with Gasteiger partial charge in [-0.2, -0.15) is 0 Å². The maximum Gasteiger partial charge on any atom is 0.406 e. The van der Waals surface area contributed by atoms with Gasteiger partial charge in [-0.3, -0.25) is 13.8 Å². The summed E-state index contributed by atoms with van der Waals surface area (Å²) in [5.41, 5.74) is 0.824. The molecule has 9 heteroatoms. The van der Waals surface area contributed by atoms with Crippen molar-refractivity contribution in [3.63, 3.8) is 0 Å². The van der Waals surface area contributed by atoms with Gasteiger partial charge in [0.1, 0.15) is 12.1 Å². The lowest BCUT2D eigenvalue weighted by Gasteiger charge is -2.26. The molecule has 2 unspecified atom stereocenters. The number of amides is 1. The number of benzene rings is 1. The predicted molar refractivity (Wildman–Crippen MR) is 107 cm³/mol. The lowest BCUT2D eigenvalue weighted by atomic mass is 10.0. The van der Waals surface area contributed by atoms with E-state index in [1.807, 2.05) is 44.2 Å². The van der Waals surface area contributed by atoms with Gasteiger partial charge >= 0.3 is 13.7 Å². The molecule has 1 aromatic carbocycles. The van der Waals surface area contributed by atoms with E-state index in [4.69, 9.17) is 9.05 Å². The van der Waals surface area contributed by atoms with Gasteiger partial charge < -0.3 is 10.4 Å². The third kappa shape index (κ3) is 8.52. The molecule has 0 spiro atoms. The van der Waals surface area contributed by atoms with Crippen molar-refractivity contribution in [1.29, 1.82) is 0 Å². The smallest absolute Gasteiger partial charge is 0.406 e. The zero-order valence-electron chi connectivity index (χ0n) is 16.9. The van der Waals surface area contributed by atoms with Crippen LogP contribution in [0.15, 0.2) is 30.3 Å². The summed E-state index contributed by atoms with van der Waals surface area (Å²) < 4.78 is 23.3. The molecule has 0 saturated carbocycles. The molecule has 28 heavy (non-hydrogen) atoms. The summed E-state index contributed by atoms with van der Waals surface area (Å²) in [5, 5.41) is 14.6. The van der Waals surface area contributed by atoms with Gasteiger partial charge in [0.2, 0.25) is 5.91 Å². The minimum Gasteiger partial charge on any atom is -0.480 e. The molecule has 0 aliphatic heterocycles. The van der Waals surface area contributed by atoms with Crippen molar-refractivity contribution in [2.45, 2.75) is 52.6 Å². The van der Waals surface area contributed by atoms with Crippen LogP contribution in [0.2, 0.25) is 0 Å². The van der Waals surface area contributed by atoms with Gasteiger partial charge in [0.15, 0.2) is 0 Å². The number of carboxylic acid groups (broad SMARTS) is 1. The van der Waals surface area contributed by atoms with Gasteiger partial charge in [-0.25, -0.2) is 14.4 Å². The van der Waals surface area contributed by atoms with E-state index in [0.717, 1.165) is 5.56 Å². The molecule has 158 valence electrons. The van der Waals surface area contributed by atoms with Crippen LogP contribution in [0.3, 0.4) is 0 Å². The lowest BCUT2D eigenvalue weighted by molar-refractivity contribution is -0.142. The molecule has 0 fully saturated rings. The number of carboxylic acids is 1. The van der Waals surface area contributed by atoms with Gasteiger partial charge in [-0.15, -0.1) is 0 Å². The second-order valence-electron chi connectivity index (χ2n) is 6.73. The van der Waals surface area contributed by atoms with Gasteiger partial charge in [0, 0.05) is 0 Å². The van der Waals surface area contributed by atoms with Crippen LogP contribution in [0.1, 0.15) is 39.7 Å². The lowest BCUT2D eigenvalue weighted by Crippen LogP contribution is -2.50. The van der Waals surface area contributed by atoms with Crippen LogP contribution in [-0.2, 0) is 29.6 Å². The van der Waals surface area contributed by atoms with E-state index in [2.05, 4.69) is 10.4 Å². The Hall–Kier alpha value is -1.73. The zero-order chi connectivity index (χ0) is 21.2. The van der Waals surface area contributed by atoms with Gasteiger partial charge in [0.25, 0.3) is 0 Å². The topological polar surface area (TPSA) is 114 Å². The molecular weight excluding hydrogens is 383 g/mol. The van der Waals surface area contributed by atoms with Crippen LogP contribution in [0.4, 0.5) is 0 Å². The molecule has 0 aromatic heterocycles. The number of hydrogen-bond donors (Lipinski definition) is 3. The van der Waals surface area contributed by atoms with E-state index in [1.54, 1.807) is 13.8 Å². The number of rotatable bonds is 13. The molecule has 8 nitrogen and oxygen atoms in total. The van der Waals surface area contributed by atoms with E-state index < -0.39 is 31.7 Å². The van der Waals surface area contributed by atoms with Crippen molar-refractivity contribution < 1.29 is 28.3 Å². The first-order valence-electron chi connectivity index (χ1n) is 9.44. The maximum absolute atomic E-state index is 12.9. The second-order valence-corrected chi connectivity index (χ2v) is 8.50. The van der Waals surface area contributed by atoms with Crippen LogP contribution in [0.25, 0.3) is 0 Å². The fourth-order valence-electron chi connectivity index (χ4n) is 2.65. The quantitative estimate of drug-likeness (QED) is 0.425. The van der Waals surface area contributed by atoms with E-state index in [9.17, 15) is 19.3 Å². The van der Waals surface area contributed by atoms with Crippen LogP contribution in [-0.4, -0.2) is 42.3 Å². The molecule has 2 atom stereocenters. The van der Waals surface area contributed by atoms with Crippen molar-refractivity contribution in [2.24, 2.45) is 5.92 Å². The van der Waals surface area contributed by atoms with Crippen LogP contribution < -0.4 is 10.4 Å². The average Bonchev–Trinajstić information content (AvgIpc) is 2.61. The number of carbonyl (C=O) groups excluding carboxylic acids is 1. The molecule has 1 amide bonds. The highest BCUT2D eigenvalue weighted by Gasteiger charge is 2.33. The third-order valence-corrected chi connectivity index (χ3v) is 5.66. The monoisotopic (exact) mass is 414 g/mol. The van der Waals surface area contributed by atoms with Crippen molar-refractivity contribution in [3.8, 4) is 0 Å². The fourth-order valence-corrected chi connectivity index (χ4v) is 4.15. The van der Waals surface area contributed by atoms with Crippen molar-refractivity contribution >= 4 is 19.6 Å². The van der Waals surface area contributed by atoms with E-state index in [1.165, 1.54) is 0 Å². The average molecular weight is 414 g/mol. The van der Waals surface area contributed by atoms with E-state index in [-0.39, 0.29) is 32.0 Å². The number of nitrogens with one attached hydrogen (secondary N) is 2. The third-order valence-electron chi connectivity index (χ3n) is 3.83. The Morgan fingerprint density at radius 2 is 1.64 bits per heavy atom. The summed E-state index contributed by atoms with van der Waals surface area (Å²) in [6, 6.07) is 7.14. The SMILES string of the molecule is CCOP(=O)(NC(Cc1ccccc1)C(=O)NC(CC(C)C)C(=O)O)OCC. The molecule has 0 bridgehead atoms. The Bertz CT molecular complexity index is 658. The summed E-state index contributed by atoms with van der Waals surface area (Å²) >= 11 is 0. The zero-order valence-corrected chi connectivity index (χ0v) is 17.8. The van der Waals surface area contributed by atoms with Crippen LogP contribution in [0, 0.1) is 5.92 Å². The Balaban J connectivity index is 3.05. The fraction of sp³-hybridized carbons (Fsp3) is 0.579. The molecular formula is C19H31N2O6P. The predicted octanol–water partition coefficient (Wildman–Crippen LogP) is 2.98. The molecule has 0 aliphatic carbocycles. The van der Waals surface area contributed by atoms with Crippen LogP contribution >= 0.6 is 7.75 Å². The summed E-state index contributed by atoms with van der Waals surface area (Å²) in [4.78, 5) is 24.4. The van der Waals surface area contributed by atoms with Crippen molar-refractivity contribution in [2.75, 3.05) is 13.2 Å². The second kappa shape index (κ2) is 12.0. The number of carbonyl (C=O) groups is 2. The molecule has 0 aliphatic rings. The summed E-state index contributed by atoms with van der Waals surface area (Å²) in [6.07, 6.45) is 0.485. The largest absolute Gasteiger partial charge is 0.480 e. The van der Waals surface area contributed by atoms with Crippen LogP contribution in [0.5, 0.6) is 0 Å². The highest BCUT2D eigenvalue weighted by Crippen LogP contribution is 2.44. The van der Waals surface area contributed by atoms with Crippen molar-refractivity contribution in [3.05, 3.63) is 35.9 Å². The minimum atomic E-state index is -3.72. The minimum absolute atomic E-state index is 0.0832. The first kappa shape index (κ1) is 24.3. The number of aliphatic carboxylic acids is 1. The molecule has 0 radical (unpaired) electrons. The Morgan fingerprint density at radius 3 is 2.11 bits per heavy atom. The number of hydrogen-bond acceptors (Lipinski definition) is 5. The Labute approximate surface area is 166 Å². The maximum atomic E-state index is 12.9. The van der Waals surface area contributed by atoms with Gasteiger partial charge in [-0.05, 0) is 38.2 Å². The van der Waals surface area contributed by atoms with E-state index in [0.29, 0.717) is 0 Å². The molecule has 1 rings (SSSR count). The van der Waals surface area contributed by atoms with Gasteiger partial charge in [-0.1, -0.05) is 44.2 Å². The Morgan fingerprint density at radius 1 is 1.07 bits per heavy atom. The summed E-state index contributed by atoms with van der Waals surface area (Å²) in [7, 11) is -3.72.